The minimum Gasteiger partial charge on any atom is -0.383 e. The van der Waals surface area contributed by atoms with Crippen LogP contribution in [0.2, 0.25) is 0 Å². The largest absolute Gasteiger partial charge is 0.383 e. The standard InChI is InChI=1S/C22H25N5O4S2/c1-13-4-3-7-26-18(13)24-19(25-8-5-14(6-9-25)17(23)28)15(20(26)29)12-16-21(30)27(10-11-31-2)22(32)33-16/h3-4,7,12,14H,5-6,8-11H2,1-2H3,(H2,23,28)/b16-12-. The molecule has 2 aromatic heterocycles. The molecule has 2 N–H and O–H groups in total. The first-order valence-corrected chi connectivity index (χ1v) is 11.8. The Morgan fingerprint density at radius 2 is 2.09 bits per heavy atom. The smallest absolute Gasteiger partial charge is 0.267 e. The number of carbonyl (C=O) groups excluding carboxylic acids is 2. The summed E-state index contributed by atoms with van der Waals surface area (Å²) in [5.74, 6) is -0.254. The van der Waals surface area contributed by atoms with Gasteiger partial charge in [-0.3, -0.25) is 23.7 Å². The van der Waals surface area contributed by atoms with Gasteiger partial charge >= 0.3 is 0 Å². The Bertz CT molecular complexity index is 1220. The Morgan fingerprint density at radius 3 is 2.76 bits per heavy atom. The zero-order valence-corrected chi connectivity index (χ0v) is 20.1. The molecule has 2 aromatic rings. The van der Waals surface area contributed by atoms with Crippen molar-refractivity contribution in [2.75, 3.05) is 38.3 Å². The highest BCUT2D eigenvalue weighted by atomic mass is 32.2. The maximum Gasteiger partial charge on any atom is 0.267 e. The normalized spacial score (nSPS) is 18.7. The second-order valence-electron chi connectivity index (χ2n) is 8.03. The SMILES string of the molecule is COCCN1C(=O)/C(=C/c2c(N3CCC(C(N)=O)CC3)nc3c(C)cccn3c2=O)SC1=S. The molecule has 0 aromatic carbocycles. The van der Waals surface area contributed by atoms with E-state index < -0.39 is 0 Å². The number of nitrogens with zero attached hydrogens (tertiary/aromatic N) is 4. The molecule has 2 fully saturated rings. The third-order valence-corrected chi connectivity index (χ3v) is 7.31. The number of pyridine rings is 1. The summed E-state index contributed by atoms with van der Waals surface area (Å²) in [6, 6.07) is 3.68. The van der Waals surface area contributed by atoms with E-state index in [9.17, 15) is 14.4 Å². The highest BCUT2D eigenvalue weighted by Crippen LogP contribution is 2.34. The summed E-state index contributed by atoms with van der Waals surface area (Å²) in [5, 5.41) is 0. The first-order chi connectivity index (χ1) is 15.8. The summed E-state index contributed by atoms with van der Waals surface area (Å²) in [5.41, 5.74) is 6.96. The van der Waals surface area contributed by atoms with E-state index in [4.69, 9.17) is 27.7 Å². The Labute approximate surface area is 200 Å². The van der Waals surface area contributed by atoms with Crippen LogP contribution in [0.5, 0.6) is 0 Å². The van der Waals surface area contributed by atoms with E-state index in [1.54, 1.807) is 25.4 Å². The number of carbonyl (C=O) groups is 2. The number of hydrogen-bond donors (Lipinski definition) is 1. The number of nitrogens with two attached hydrogens (primary N) is 1. The fraction of sp³-hybridized carbons (Fsp3) is 0.409. The van der Waals surface area contributed by atoms with E-state index in [0.717, 1.165) is 17.3 Å². The predicted octanol–water partition coefficient (Wildman–Crippen LogP) is 1.55. The maximum absolute atomic E-state index is 13.5. The molecule has 4 rings (SSSR count). The van der Waals surface area contributed by atoms with Gasteiger partial charge in [-0.05, 0) is 37.5 Å². The summed E-state index contributed by atoms with van der Waals surface area (Å²) in [6.45, 7) is 3.68. The highest BCUT2D eigenvalue weighted by Gasteiger charge is 2.33. The van der Waals surface area contributed by atoms with Crippen molar-refractivity contribution in [3.8, 4) is 0 Å². The van der Waals surface area contributed by atoms with Crippen LogP contribution in [0.4, 0.5) is 5.82 Å². The molecule has 0 bridgehead atoms. The van der Waals surface area contributed by atoms with Crippen LogP contribution in [0, 0.1) is 12.8 Å². The molecule has 2 amide bonds. The number of aromatic nitrogens is 2. The number of fused-ring (bicyclic) bond motifs is 1. The minimum absolute atomic E-state index is 0.190. The number of thioether (sulfide) groups is 1. The lowest BCUT2D eigenvalue weighted by molar-refractivity contribution is -0.123. The Balaban J connectivity index is 1.79. The molecule has 2 aliphatic rings. The van der Waals surface area contributed by atoms with Crippen molar-refractivity contribution in [1.82, 2.24) is 14.3 Å². The van der Waals surface area contributed by atoms with Crippen molar-refractivity contribution in [3.63, 3.8) is 0 Å². The molecular weight excluding hydrogens is 462 g/mol. The van der Waals surface area contributed by atoms with Gasteiger partial charge in [0.25, 0.3) is 11.5 Å². The average Bonchev–Trinajstić information content (AvgIpc) is 3.06. The number of primary amides is 1. The summed E-state index contributed by atoms with van der Waals surface area (Å²) >= 11 is 6.53. The van der Waals surface area contributed by atoms with E-state index in [1.807, 2.05) is 17.9 Å². The lowest BCUT2D eigenvalue weighted by atomic mass is 9.96. The molecule has 0 unspecified atom stereocenters. The second kappa shape index (κ2) is 9.62. The van der Waals surface area contributed by atoms with Crippen molar-refractivity contribution in [1.29, 1.82) is 0 Å². The van der Waals surface area contributed by atoms with Crippen molar-refractivity contribution in [3.05, 3.63) is 44.7 Å². The van der Waals surface area contributed by atoms with Crippen molar-refractivity contribution >= 4 is 57.7 Å². The molecule has 2 saturated heterocycles. The molecule has 9 nitrogen and oxygen atoms in total. The first kappa shape index (κ1) is 23.4. The van der Waals surface area contributed by atoms with Gasteiger partial charge in [-0.25, -0.2) is 4.98 Å². The minimum atomic E-state index is -0.308. The van der Waals surface area contributed by atoms with Gasteiger partial charge in [0.15, 0.2) is 0 Å². The van der Waals surface area contributed by atoms with E-state index in [1.165, 1.54) is 9.30 Å². The molecule has 0 saturated carbocycles. The third kappa shape index (κ3) is 4.53. The topological polar surface area (TPSA) is 110 Å². The molecule has 0 atom stereocenters. The number of anilines is 1. The fourth-order valence-corrected chi connectivity index (χ4v) is 5.34. The molecule has 33 heavy (non-hydrogen) atoms. The van der Waals surface area contributed by atoms with Crippen molar-refractivity contribution < 1.29 is 14.3 Å². The molecule has 0 spiro atoms. The van der Waals surface area contributed by atoms with E-state index in [0.29, 0.717) is 65.3 Å². The zero-order valence-electron chi connectivity index (χ0n) is 18.4. The first-order valence-electron chi connectivity index (χ1n) is 10.6. The molecular formula is C22H25N5O4S2. The molecule has 4 heterocycles. The van der Waals surface area contributed by atoms with Gasteiger partial charge in [0, 0.05) is 32.3 Å². The van der Waals surface area contributed by atoms with Crippen LogP contribution in [0.1, 0.15) is 24.0 Å². The summed E-state index contributed by atoms with van der Waals surface area (Å²) in [6.07, 6.45) is 4.43. The number of amides is 2. The van der Waals surface area contributed by atoms with Gasteiger partial charge in [0.2, 0.25) is 5.91 Å². The molecule has 11 heteroatoms. The van der Waals surface area contributed by atoms with Crippen molar-refractivity contribution in [2.45, 2.75) is 19.8 Å². The van der Waals surface area contributed by atoms with Crippen LogP contribution >= 0.6 is 24.0 Å². The summed E-state index contributed by atoms with van der Waals surface area (Å²) in [4.78, 5) is 46.8. The monoisotopic (exact) mass is 487 g/mol. The number of thiocarbonyl (C=S) groups is 1. The van der Waals surface area contributed by atoms with E-state index in [-0.39, 0.29) is 23.3 Å². The van der Waals surface area contributed by atoms with Gasteiger partial charge in [-0.1, -0.05) is 30.0 Å². The molecule has 174 valence electrons. The lowest BCUT2D eigenvalue weighted by Gasteiger charge is -2.32. The Hall–Kier alpha value is -2.76. The predicted molar refractivity (Wildman–Crippen MR) is 132 cm³/mol. The highest BCUT2D eigenvalue weighted by molar-refractivity contribution is 8.26. The number of aryl methyl sites for hydroxylation is 1. The fourth-order valence-electron chi connectivity index (χ4n) is 4.05. The van der Waals surface area contributed by atoms with Crippen LogP contribution in [-0.2, 0) is 14.3 Å². The van der Waals surface area contributed by atoms with Crippen LogP contribution in [0.25, 0.3) is 11.7 Å². The maximum atomic E-state index is 13.5. The summed E-state index contributed by atoms with van der Waals surface area (Å²) in [7, 11) is 1.56. The molecule has 0 radical (unpaired) electrons. The lowest BCUT2D eigenvalue weighted by Crippen LogP contribution is -2.40. The zero-order chi connectivity index (χ0) is 23.7. The average molecular weight is 488 g/mol. The van der Waals surface area contributed by atoms with Gasteiger partial charge < -0.3 is 15.4 Å². The number of rotatable bonds is 6. The van der Waals surface area contributed by atoms with Crippen LogP contribution < -0.4 is 16.2 Å². The Morgan fingerprint density at radius 1 is 1.36 bits per heavy atom. The van der Waals surface area contributed by atoms with Gasteiger partial charge in [0.05, 0.1) is 23.6 Å². The van der Waals surface area contributed by atoms with Gasteiger partial charge in [0.1, 0.15) is 15.8 Å². The number of piperidine rings is 1. The van der Waals surface area contributed by atoms with Crippen molar-refractivity contribution in [2.24, 2.45) is 11.7 Å². The van der Waals surface area contributed by atoms with Crippen LogP contribution in [0.3, 0.4) is 0 Å². The Kier molecular flexibility index (Phi) is 6.82. The van der Waals surface area contributed by atoms with Gasteiger partial charge in [-0.15, -0.1) is 0 Å². The van der Waals surface area contributed by atoms with Crippen LogP contribution in [-0.4, -0.2) is 63.8 Å². The number of hydrogen-bond acceptors (Lipinski definition) is 8. The molecule has 0 aliphatic carbocycles. The number of ether oxygens (including phenoxy) is 1. The molecule has 2 aliphatic heterocycles. The quantitative estimate of drug-likeness (QED) is 0.483. The van der Waals surface area contributed by atoms with Crippen LogP contribution in [0.15, 0.2) is 28.0 Å². The van der Waals surface area contributed by atoms with E-state index >= 15 is 0 Å². The van der Waals surface area contributed by atoms with Gasteiger partial charge in [-0.2, -0.15) is 0 Å². The van der Waals surface area contributed by atoms with E-state index in [2.05, 4.69) is 0 Å². The third-order valence-electron chi connectivity index (χ3n) is 5.93. The number of methoxy groups -OCH3 is 1. The summed E-state index contributed by atoms with van der Waals surface area (Å²) < 4.78 is 6.99. The second-order valence-corrected chi connectivity index (χ2v) is 9.70.